The molecule has 88 valence electrons. The molecule has 1 aliphatic rings. The molecule has 2 rings (SSSR count). The highest BCUT2D eigenvalue weighted by Gasteiger charge is 2.37. The van der Waals surface area contributed by atoms with Crippen LogP contribution >= 0.6 is 0 Å². The molecule has 0 saturated heterocycles. The fourth-order valence-electron chi connectivity index (χ4n) is 1.38. The van der Waals surface area contributed by atoms with Crippen LogP contribution in [0.2, 0.25) is 0 Å². The van der Waals surface area contributed by atoms with Crippen LogP contribution in [0.25, 0.3) is 0 Å². The lowest BCUT2D eigenvalue weighted by Crippen LogP contribution is -2.36. The topological polar surface area (TPSA) is 53.4 Å². The number of nitrogens with zero attached hydrogens (tertiary/aromatic N) is 2. The Hall–Kier alpha value is -1.66. The van der Waals surface area contributed by atoms with Gasteiger partial charge < -0.3 is 9.47 Å². The van der Waals surface area contributed by atoms with Gasteiger partial charge in [-0.3, -0.25) is 0 Å². The Morgan fingerprint density at radius 3 is 3.19 bits per heavy atom. The molecule has 0 radical (unpaired) electrons. The maximum atomic E-state index is 12.9. The molecule has 0 atom stereocenters. The third kappa shape index (κ3) is 1.98. The van der Waals surface area contributed by atoms with Crippen molar-refractivity contribution in [1.29, 1.82) is 0 Å². The number of ether oxygens (including phenoxy) is 2. The van der Waals surface area contributed by atoms with Gasteiger partial charge in [-0.2, -0.15) is 5.10 Å². The largest absolute Gasteiger partial charge is 0.471 e. The van der Waals surface area contributed by atoms with Crippen LogP contribution in [0.5, 0.6) is 5.88 Å². The van der Waals surface area contributed by atoms with Crippen molar-refractivity contribution in [3.8, 4) is 5.88 Å². The molecule has 1 aromatic rings. The van der Waals surface area contributed by atoms with Crippen LogP contribution in [-0.2, 0) is 11.3 Å². The first-order valence-electron chi connectivity index (χ1n) is 4.77. The van der Waals surface area contributed by atoms with E-state index in [1.807, 2.05) is 0 Å². The van der Waals surface area contributed by atoms with Crippen molar-refractivity contribution in [3.05, 3.63) is 11.8 Å². The summed E-state index contributed by atoms with van der Waals surface area (Å²) in [5.41, 5.74) is -0.0189. The lowest BCUT2D eigenvalue weighted by Gasteiger charge is -2.22. The molecule has 0 aliphatic carbocycles. The monoisotopic (exact) mass is 232 g/mol. The van der Waals surface area contributed by atoms with Crippen LogP contribution in [0.1, 0.15) is 17.4 Å². The summed E-state index contributed by atoms with van der Waals surface area (Å²) in [7, 11) is 0. The van der Waals surface area contributed by atoms with Crippen molar-refractivity contribution in [2.75, 3.05) is 13.2 Å². The third-order valence-corrected chi connectivity index (χ3v) is 2.04. The van der Waals surface area contributed by atoms with Crippen molar-refractivity contribution in [2.45, 2.75) is 19.4 Å². The van der Waals surface area contributed by atoms with Crippen LogP contribution in [-0.4, -0.2) is 34.9 Å². The minimum Gasteiger partial charge on any atom is -0.471 e. The number of carbonyl (C=O) groups is 1. The van der Waals surface area contributed by atoms with Gasteiger partial charge in [-0.15, -0.1) is 0 Å². The van der Waals surface area contributed by atoms with E-state index in [0.29, 0.717) is 0 Å². The first kappa shape index (κ1) is 10.8. The summed E-state index contributed by atoms with van der Waals surface area (Å²) in [6.45, 7) is 0.583. The van der Waals surface area contributed by atoms with Gasteiger partial charge in [0.15, 0.2) is 12.3 Å². The standard InChI is InChI=1S/C9H10F2N2O3/c1-2-15-8(14)6-3-7-13(12-6)4-9(10,11)5-16-7/h3H,2,4-5H2,1H3. The molecule has 2 heterocycles. The number of halogens is 2. The van der Waals surface area contributed by atoms with Gasteiger partial charge in [0.2, 0.25) is 5.88 Å². The normalized spacial score (nSPS) is 17.4. The van der Waals surface area contributed by atoms with Crippen LogP contribution in [0.4, 0.5) is 8.78 Å². The lowest BCUT2D eigenvalue weighted by atomic mass is 10.3. The number of rotatable bonds is 2. The molecular weight excluding hydrogens is 222 g/mol. The molecule has 0 fully saturated rings. The number of carbonyl (C=O) groups excluding carboxylic acids is 1. The summed E-state index contributed by atoms with van der Waals surface area (Å²) in [6, 6.07) is 1.30. The predicted octanol–water partition coefficient (Wildman–Crippen LogP) is 1.09. The molecule has 0 unspecified atom stereocenters. The third-order valence-electron chi connectivity index (χ3n) is 2.04. The Kier molecular flexibility index (Phi) is 2.53. The van der Waals surface area contributed by atoms with E-state index < -0.39 is 25.0 Å². The van der Waals surface area contributed by atoms with E-state index in [1.54, 1.807) is 6.92 Å². The summed E-state index contributed by atoms with van der Waals surface area (Å²) in [6.07, 6.45) is 0. The Morgan fingerprint density at radius 1 is 1.75 bits per heavy atom. The highest BCUT2D eigenvalue weighted by molar-refractivity contribution is 5.87. The minimum atomic E-state index is -2.95. The molecule has 0 aromatic carbocycles. The summed E-state index contributed by atoms with van der Waals surface area (Å²) < 4.78 is 36.3. The number of fused-ring (bicyclic) bond motifs is 1. The van der Waals surface area contributed by atoms with E-state index in [2.05, 4.69) is 5.10 Å². The van der Waals surface area contributed by atoms with Gasteiger partial charge in [0.25, 0.3) is 0 Å². The SMILES string of the molecule is CCOC(=O)c1cc2n(n1)CC(F)(F)CO2. The number of alkyl halides is 2. The highest BCUT2D eigenvalue weighted by Crippen LogP contribution is 2.27. The maximum Gasteiger partial charge on any atom is 0.358 e. The van der Waals surface area contributed by atoms with Crippen LogP contribution < -0.4 is 4.74 Å². The van der Waals surface area contributed by atoms with Crippen LogP contribution in [0, 0.1) is 0 Å². The number of hydrogen-bond donors (Lipinski definition) is 0. The molecule has 16 heavy (non-hydrogen) atoms. The summed E-state index contributed by atoms with van der Waals surface area (Å²) in [5, 5.41) is 3.70. The Balaban J connectivity index is 2.21. The van der Waals surface area contributed by atoms with Gasteiger partial charge in [-0.25, -0.2) is 18.3 Å². The molecule has 0 N–H and O–H groups in total. The second-order valence-electron chi connectivity index (χ2n) is 3.39. The predicted molar refractivity (Wildman–Crippen MR) is 48.6 cm³/mol. The summed E-state index contributed by atoms with van der Waals surface area (Å²) >= 11 is 0. The van der Waals surface area contributed by atoms with Crippen molar-refractivity contribution in [1.82, 2.24) is 9.78 Å². The Labute approximate surface area is 89.9 Å². The number of esters is 1. The van der Waals surface area contributed by atoms with Gasteiger partial charge in [0.1, 0.15) is 6.54 Å². The molecule has 0 bridgehead atoms. The van der Waals surface area contributed by atoms with Gasteiger partial charge in [-0.1, -0.05) is 0 Å². The molecule has 1 aliphatic heterocycles. The zero-order valence-electron chi connectivity index (χ0n) is 8.57. The van der Waals surface area contributed by atoms with E-state index in [1.165, 1.54) is 6.07 Å². The van der Waals surface area contributed by atoms with E-state index in [-0.39, 0.29) is 18.2 Å². The summed E-state index contributed by atoms with van der Waals surface area (Å²) in [4.78, 5) is 11.3. The second kappa shape index (κ2) is 3.73. The first-order valence-corrected chi connectivity index (χ1v) is 4.77. The molecule has 5 nitrogen and oxygen atoms in total. The van der Waals surface area contributed by atoms with E-state index in [9.17, 15) is 13.6 Å². The zero-order chi connectivity index (χ0) is 11.8. The van der Waals surface area contributed by atoms with Crippen molar-refractivity contribution in [2.24, 2.45) is 0 Å². The molecule has 7 heteroatoms. The molecule has 0 amide bonds. The van der Waals surface area contributed by atoms with E-state index >= 15 is 0 Å². The minimum absolute atomic E-state index is 0.0189. The molecule has 0 saturated carbocycles. The first-order chi connectivity index (χ1) is 7.52. The maximum absolute atomic E-state index is 12.9. The van der Waals surface area contributed by atoms with Crippen molar-refractivity contribution in [3.63, 3.8) is 0 Å². The van der Waals surface area contributed by atoms with Crippen LogP contribution in [0.15, 0.2) is 6.07 Å². The van der Waals surface area contributed by atoms with Crippen molar-refractivity contribution >= 4 is 5.97 Å². The van der Waals surface area contributed by atoms with Gasteiger partial charge >= 0.3 is 11.9 Å². The average Bonchev–Trinajstić information content (AvgIpc) is 2.59. The lowest BCUT2D eigenvalue weighted by molar-refractivity contribution is -0.0795. The number of aromatic nitrogens is 2. The van der Waals surface area contributed by atoms with Gasteiger partial charge in [0.05, 0.1) is 6.61 Å². The van der Waals surface area contributed by atoms with Gasteiger partial charge in [0, 0.05) is 6.07 Å². The molecule has 0 spiro atoms. The quantitative estimate of drug-likeness (QED) is 0.716. The van der Waals surface area contributed by atoms with E-state index in [4.69, 9.17) is 9.47 Å². The second-order valence-corrected chi connectivity index (χ2v) is 3.39. The molecule has 1 aromatic heterocycles. The fourth-order valence-corrected chi connectivity index (χ4v) is 1.38. The fraction of sp³-hybridized carbons (Fsp3) is 0.556. The summed E-state index contributed by atoms with van der Waals surface area (Å²) in [5.74, 6) is -3.43. The highest BCUT2D eigenvalue weighted by atomic mass is 19.3. The van der Waals surface area contributed by atoms with E-state index in [0.717, 1.165) is 4.68 Å². The van der Waals surface area contributed by atoms with Gasteiger partial charge in [-0.05, 0) is 6.92 Å². The zero-order valence-corrected chi connectivity index (χ0v) is 8.57. The smallest absolute Gasteiger partial charge is 0.358 e. The number of hydrogen-bond acceptors (Lipinski definition) is 4. The molecular formula is C9H10F2N2O3. The van der Waals surface area contributed by atoms with Crippen LogP contribution in [0.3, 0.4) is 0 Å². The average molecular weight is 232 g/mol. The van der Waals surface area contributed by atoms with Crippen molar-refractivity contribution < 1.29 is 23.0 Å². The Bertz CT molecular complexity index is 417. The Morgan fingerprint density at radius 2 is 2.50 bits per heavy atom.